The zero-order chi connectivity index (χ0) is 106. The molecule has 0 aliphatic heterocycles. The van der Waals surface area contributed by atoms with Crippen molar-refractivity contribution in [3.63, 3.8) is 0 Å². The molecular formula is C100H56O2. The molecule has 2 nitrogen and oxygen atoms in total. The first-order chi connectivity index (χ1) is 69.8. The third kappa shape index (κ3) is 8.06. The highest BCUT2D eigenvalue weighted by molar-refractivity contribution is 6.30. The Kier molecular flexibility index (Phi) is 5.73. The summed E-state index contributed by atoms with van der Waals surface area (Å²) in [5.74, 6) is 0. The van der Waals surface area contributed by atoms with E-state index in [1.165, 1.54) is 6.07 Å². The Morgan fingerprint density at radius 1 is 0.186 bits per heavy atom. The van der Waals surface area contributed by atoms with Gasteiger partial charge in [-0.05, 0) is 233 Å². The van der Waals surface area contributed by atoms with Crippen LogP contribution in [0.15, 0.2) is 347 Å². The van der Waals surface area contributed by atoms with E-state index in [4.69, 9.17) is 44.5 Å². The van der Waals surface area contributed by atoms with Crippen molar-refractivity contribution in [2.45, 2.75) is 0 Å². The average molecular weight is 1340 g/mol. The fraction of sp³-hybridized carbons (Fsp3) is 0. The lowest BCUT2D eigenvalue weighted by Gasteiger charge is -2.18. The molecule has 0 atom stereocenters. The number of hydrogen-bond acceptors (Lipinski definition) is 2. The number of fused-ring (bicyclic) bond motifs is 6. The van der Waals surface area contributed by atoms with E-state index in [1.807, 2.05) is 24.3 Å². The molecule has 102 heavy (non-hydrogen) atoms. The third-order valence-corrected chi connectivity index (χ3v) is 18.9. The predicted molar refractivity (Wildman–Crippen MR) is 435 cm³/mol. The van der Waals surface area contributed by atoms with Crippen molar-refractivity contribution in [2.24, 2.45) is 0 Å². The molecular weight excluding hydrogens is 1230 g/mol. The molecule has 2 heteroatoms. The maximum Gasteiger partial charge on any atom is 0.143 e. The average Bonchev–Trinajstić information content (AvgIpc) is 0.939. The van der Waals surface area contributed by atoms with Gasteiger partial charge in [-0.1, -0.05) is 290 Å². The largest absolute Gasteiger partial charge is 0.455 e. The van der Waals surface area contributed by atoms with Crippen LogP contribution >= 0.6 is 0 Å². The summed E-state index contributed by atoms with van der Waals surface area (Å²) in [5.41, 5.74) is -4.55. The fourth-order valence-corrected chi connectivity index (χ4v) is 14.5. The van der Waals surface area contributed by atoms with Crippen molar-refractivity contribution < 1.29 is 71.9 Å². The second kappa shape index (κ2) is 21.1. The van der Waals surface area contributed by atoms with Crippen molar-refractivity contribution >= 4 is 173 Å². The summed E-state index contributed by atoms with van der Waals surface area (Å²) in [6.07, 6.45) is 0. The molecule has 0 aliphatic rings. The smallest absolute Gasteiger partial charge is 0.143 e. The molecule has 0 aliphatic carbocycles. The molecule has 0 saturated carbocycles. The number of benzene rings is 22. The van der Waals surface area contributed by atoms with Gasteiger partial charge in [-0.25, -0.2) is 0 Å². The molecule has 0 N–H and O–H groups in total. The first kappa shape index (κ1) is 27.7. The maximum absolute atomic E-state index is 10.3. The highest BCUT2D eigenvalue weighted by Gasteiger charge is 2.23. The van der Waals surface area contributed by atoms with Gasteiger partial charge >= 0.3 is 0 Å². The van der Waals surface area contributed by atoms with Crippen molar-refractivity contribution in [1.29, 1.82) is 0 Å². The van der Waals surface area contributed by atoms with Gasteiger partial charge in [-0.2, -0.15) is 0 Å². The minimum Gasteiger partial charge on any atom is -0.455 e. The van der Waals surface area contributed by atoms with Crippen LogP contribution in [-0.2, 0) is 0 Å². The van der Waals surface area contributed by atoms with Gasteiger partial charge in [0.15, 0.2) is 0 Å². The van der Waals surface area contributed by atoms with Crippen LogP contribution in [0, 0.1) is 0 Å². The van der Waals surface area contributed by atoms with Crippen molar-refractivity contribution in [2.75, 3.05) is 0 Å². The lowest BCUT2D eigenvalue weighted by Crippen LogP contribution is -1.91. The molecule has 24 aromatic rings. The van der Waals surface area contributed by atoms with Crippen LogP contribution < -0.4 is 0 Å². The van der Waals surface area contributed by atoms with Gasteiger partial charge in [-0.15, -0.1) is 0 Å². The van der Waals surface area contributed by atoms with Gasteiger partial charge in [0, 0.05) is 32.7 Å². The quantitative estimate of drug-likeness (QED) is 0.155. The molecule has 0 radical (unpaired) electrons. The summed E-state index contributed by atoms with van der Waals surface area (Å²) in [6, 6.07) is -16.5. The van der Waals surface area contributed by atoms with Gasteiger partial charge in [-0.3, -0.25) is 0 Å². The predicted octanol–water partition coefficient (Wildman–Crippen LogP) is 28.8. The SMILES string of the molecule is [2H]c1c(-c2c([2H])c([2H])c([2H])c3c2oc2c([2H])c([2H])c([2H])c([2H])c23)c([2H])c(-c2c([2H])c([2H])c3c([2H])c([2H])c4c([2H])c([2H])c([2H])c5c([2H])c([2H])c2c3c45)c([2H])c1-c1c([2H])c([2H])c2c([2H])c([2H])c3c([2H])c([2H])c([2H])c4c([2H])c([2H])c1c2c34.[2H]c1c([2H])c2c([2H])c([2H])c3c([2H])c([2H])c(-c4cc(-c5cccc6c5oc5ccccc56)cc(-c5c([2H])c([2H])c6c([2H])c([2H])c7c([2H])c([2H])c([2H])c8c([2H])c([2H])c5c6c78)c4)c4c([2H])c([2H])c(c1[2H])c2c34. The topological polar surface area (TPSA) is 26.3 Å². The minimum atomic E-state index is -1.09. The van der Waals surface area contributed by atoms with Crippen molar-refractivity contribution in [3.8, 4) is 66.8 Å². The Labute approximate surface area is 649 Å². The minimum absolute atomic E-state index is 0.0312. The molecule has 24 rings (SSSR count). The Morgan fingerprint density at radius 3 is 0.961 bits per heavy atom. The van der Waals surface area contributed by atoms with Gasteiger partial charge in [0.05, 0.1) is 63.1 Å². The van der Waals surface area contributed by atoms with Crippen LogP contribution in [0.5, 0.6) is 0 Å². The van der Waals surface area contributed by atoms with E-state index in [9.17, 15) is 27.4 Å². The standard InChI is InChI=1S/2C50H28O/c2*1-2-13-45-41(10-1)44-12-5-11-40(50(44)51-45)37-27-35(38-22-18-33-16-14-29-6-3-8-31-20-24-42(38)48(33)46(29)31)26-36(28-37)39-23-19-34-17-15-30-7-4-9-32-21-25-43(39)49(34)47(30)32/h2*1-28H/i1D,2D,3D,4D,5D,6D,7D,8D,9D,10D,11D,12D,13D,14D,15D,16D,17D,18D,19D,20D,21D,22D,23D,24D,25D,26D,27D,28D;3D,4D,6D,7D,8D,9D,14D,15D,16D,17D,18D,19D,20D,21D,22D,23D,24D,25D. The molecule has 2 heterocycles. The third-order valence-electron chi connectivity index (χ3n) is 18.9. The van der Waals surface area contributed by atoms with E-state index in [-0.39, 0.29) is 97.7 Å². The Hall–Kier alpha value is -13.4. The molecule has 0 saturated heterocycles. The number of furan rings is 2. The summed E-state index contributed by atoms with van der Waals surface area (Å²) < 4.78 is 435. The Bertz CT molecular complexity index is 10000. The van der Waals surface area contributed by atoms with Crippen LogP contribution in [-0.4, -0.2) is 0 Å². The van der Waals surface area contributed by atoms with E-state index >= 15 is 0 Å². The fourth-order valence-electron chi connectivity index (χ4n) is 14.5. The molecule has 2 aromatic heterocycles. The van der Waals surface area contributed by atoms with Crippen LogP contribution in [0.4, 0.5) is 0 Å². The van der Waals surface area contributed by atoms with Gasteiger partial charge in [0.2, 0.25) is 0 Å². The van der Waals surface area contributed by atoms with E-state index < -0.39 is 387 Å². The van der Waals surface area contributed by atoms with E-state index in [2.05, 4.69) is 0 Å². The second-order valence-electron chi connectivity index (χ2n) is 24.3. The van der Waals surface area contributed by atoms with Crippen LogP contribution in [0.25, 0.3) is 240 Å². The van der Waals surface area contributed by atoms with Crippen molar-refractivity contribution in [1.82, 2.24) is 0 Å². The monoisotopic (exact) mass is 1330 g/mol. The zero-order valence-electron chi connectivity index (χ0n) is 97.6. The Balaban J connectivity index is 0.000000164. The van der Waals surface area contributed by atoms with Crippen LogP contribution in [0.1, 0.15) is 63.1 Å². The second-order valence-corrected chi connectivity index (χ2v) is 24.3. The molecule has 0 amide bonds. The van der Waals surface area contributed by atoms with Crippen LogP contribution in [0.3, 0.4) is 0 Å². The molecule has 22 aromatic carbocycles. The maximum atomic E-state index is 10.3. The van der Waals surface area contributed by atoms with E-state index in [1.54, 1.807) is 30.3 Å². The first-order valence-corrected chi connectivity index (χ1v) is 31.6. The highest BCUT2D eigenvalue weighted by Crippen LogP contribution is 2.49. The number of para-hydroxylation sites is 4. The highest BCUT2D eigenvalue weighted by atomic mass is 16.3. The summed E-state index contributed by atoms with van der Waals surface area (Å²) in [6.45, 7) is 0. The van der Waals surface area contributed by atoms with E-state index in [0.717, 1.165) is 10.8 Å². The summed E-state index contributed by atoms with van der Waals surface area (Å²) in [4.78, 5) is 0. The molecule has 0 fully saturated rings. The summed E-state index contributed by atoms with van der Waals surface area (Å²) >= 11 is 0. The lowest BCUT2D eigenvalue weighted by atomic mass is 9.86. The van der Waals surface area contributed by atoms with E-state index in [0.29, 0.717) is 22.3 Å². The van der Waals surface area contributed by atoms with Crippen molar-refractivity contribution in [3.05, 3.63) is 339 Å². The van der Waals surface area contributed by atoms with Crippen LogP contribution in [0.2, 0.25) is 0 Å². The Morgan fingerprint density at radius 2 is 0.510 bits per heavy atom. The van der Waals surface area contributed by atoms with Gasteiger partial charge in [0.25, 0.3) is 0 Å². The first-order valence-electron chi connectivity index (χ1n) is 54.6. The van der Waals surface area contributed by atoms with Gasteiger partial charge < -0.3 is 8.83 Å². The lowest BCUT2D eigenvalue weighted by molar-refractivity contribution is 0.669. The molecule has 468 valence electrons. The zero-order valence-corrected chi connectivity index (χ0v) is 51.6. The normalized spacial score (nSPS) is 18.6. The summed E-state index contributed by atoms with van der Waals surface area (Å²) in [5, 5.41) is -6.85. The molecule has 0 spiro atoms. The van der Waals surface area contributed by atoms with Gasteiger partial charge in [0.1, 0.15) is 22.3 Å². The molecule has 0 bridgehead atoms. The molecule has 0 unspecified atom stereocenters. The summed E-state index contributed by atoms with van der Waals surface area (Å²) in [7, 11) is 0. The number of hydrogen-bond donors (Lipinski definition) is 0. The number of rotatable bonds is 6.